The molecule has 4 nitrogen and oxygen atoms in total. The molecule has 112 valence electrons. The van der Waals surface area contributed by atoms with Crippen LogP contribution in [0.15, 0.2) is 18.2 Å². The third-order valence-electron chi connectivity index (χ3n) is 4.10. The van der Waals surface area contributed by atoms with Gasteiger partial charge in [0.05, 0.1) is 17.5 Å². The van der Waals surface area contributed by atoms with Gasteiger partial charge in [-0.15, -0.1) is 0 Å². The summed E-state index contributed by atoms with van der Waals surface area (Å²) < 4.78 is 2.33. The van der Waals surface area contributed by atoms with Crippen molar-refractivity contribution >= 4 is 17.0 Å². The maximum atomic E-state index is 11.0. The average molecular weight is 286 g/mol. The summed E-state index contributed by atoms with van der Waals surface area (Å²) in [6, 6.07) is 6.93. The third-order valence-corrected chi connectivity index (χ3v) is 4.10. The number of carboxylic acids is 1. The number of aryl methyl sites for hydroxylation is 1. The van der Waals surface area contributed by atoms with Gasteiger partial charge in [-0.25, -0.2) is 4.98 Å². The van der Waals surface area contributed by atoms with Crippen molar-refractivity contribution < 1.29 is 9.90 Å². The zero-order chi connectivity index (χ0) is 15.2. The van der Waals surface area contributed by atoms with E-state index in [1.165, 1.54) is 23.9 Å². The molecule has 1 aromatic heterocycles. The molecule has 1 aliphatic rings. The number of hydrogen-bond donors (Lipinski definition) is 1. The summed E-state index contributed by atoms with van der Waals surface area (Å²) in [6.45, 7) is 6.08. The van der Waals surface area contributed by atoms with Gasteiger partial charge in [0, 0.05) is 12.5 Å². The number of fused-ring (bicyclic) bond motifs is 1. The molecule has 1 saturated carbocycles. The van der Waals surface area contributed by atoms with Gasteiger partial charge >= 0.3 is 5.97 Å². The van der Waals surface area contributed by atoms with Crippen LogP contribution in [-0.4, -0.2) is 20.6 Å². The number of carbonyl (C=O) groups is 1. The van der Waals surface area contributed by atoms with Crippen LogP contribution < -0.4 is 0 Å². The summed E-state index contributed by atoms with van der Waals surface area (Å²) in [4.78, 5) is 15.8. The molecule has 21 heavy (non-hydrogen) atoms. The van der Waals surface area contributed by atoms with Crippen LogP contribution in [-0.2, 0) is 11.2 Å². The lowest BCUT2D eigenvalue weighted by atomic mass is 9.85. The molecule has 1 fully saturated rings. The largest absolute Gasteiger partial charge is 0.481 e. The van der Waals surface area contributed by atoms with Crippen molar-refractivity contribution in [1.29, 1.82) is 0 Å². The standard InChI is InChI=1S/C17H22N2O2/c1-11-4-7-14-13(8-11)18-15(19(14)12-5-6-12)9-17(2,3)10-16(20)21/h4,7-8,12H,5-6,9-10H2,1-3H3,(H,20,21). The lowest BCUT2D eigenvalue weighted by molar-refractivity contribution is -0.139. The number of rotatable bonds is 5. The summed E-state index contributed by atoms with van der Waals surface area (Å²) in [5, 5.41) is 9.07. The van der Waals surface area contributed by atoms with E-state index in [0.29, 0.717) is 12.5 Å². The Bertz CT molecular complexity index is 696. The molecule has 0 saturated heterocycles. The van der Waals surface area contributed by atoms with Crippen molar-refractivity contribution in [2.75, 3.05) is 0 Å². The van der Waals surface area contributed by atoms with Gasteiger partial charge in [-0.1, -0.05) is 19.9 Å². The molecule has 0 aliphatic heterocycles. The number of hydrogen-bond acceptors (Lipinski definition) is 2. The van der Waals surface area contributed by atoms with Gasteiger partial charge in [0.15, 0.2) is 0 Å². The first-order valence-corrected chi connectivity index (χ1v) is 7.55. The Morgan fingerprint density at radius 2 is 2.14 bits per heavy atom. The minimum absolute atomic E-state index is 0.167. The minimum Gasteiger partial charge on any atom is -0.481 e. The van der Waals surface area contributed by atoms with Crippen LogP contribution in [0.4, 0.5) is 0 Å². The Labute approximate surface area is 124 Å². The van der Waals surface area contributed by atoms with Crippen LogP contribution in [0.25, 0.3) is 11.0 Å². The fourth-order valence-corrected chi connectivity index (χ4v) is 3.02. The molecule has 1 heterocycles. The third kappa shape index (κ3) is 2.94. The Kier molecular flexibility index (Phi) is 3.27. The number of benzene rings is 1. The highest BCUT2D eigenvalue weighted by atomic mass is 16.4. The smallest absolute Gasteiger partial charge is 0.303 e. The van der Waals surface area contributed by atoms with Crippen LogP contribution in [0.1, 0.15) is 50.5 Å². The quantitative estimate of drug-likeness (QED) is 0.911. The molecule has 1 aliphatic carbocycles. The molecule has 1 N–H and O–H groups in total. The molecule has 0 atom stereocenters. The molecule has 2 aromatic rings. The number of nitrogens with zero attached hydrogens (tertiary/aromatic N) is 2. The van der Waals surface area contributed by atoms with Gasteiger partial charge in [-0.05, 0) is 42.9 Å². The van der Waals surface area contributed by atoms with Gasteiger partial charge in [0.2, 0.25) is 0 Å². The van der Waals surface area contributed by atoms with Crippen molar-refractivity contribution in [3.8, 4) is 0 Å². The Morgan fingerprint density at radius 3 is 2.76 bits per heavy atom. The second-order valence-electron chi connectivity index (χ2n) is 7.03. The summed E-state index contributed by atoms with van der Waals surface area (Å²) in [7, 11) is 0. The monoisotopic (exact) mass is 286 g/mol. The Balaban J connectivity index is 2.01. The predicted octanol–water partition coefficient (Wildman–Crippen LogP) is 3.72. The van der Waals surface area contributed by atoms with Gasteiger partial charge < -0.3 is 9.67 Å². The topological polar surface area (TPSA) is 55.1 Å². The van der Waals surface area contributed by atoms with Gasteiger partial charge in [-0.2, -0.15) is 0 Å². The highest BCUT2D eigenvalue weighted by molar-refractivity contribution is 5.77. The molecule has 1 aromatic carbocycles. The van der Waals surface area contributed by atoms with E-state index >= 15 is 0 Å². The number of carboxylic acid groups (broad SMARTS) is 1. The zero-order valence-electron chi connectivity index (χ0n) is 12.9. The Morgan fingerprint density at radius 1 is 1.43 bits per heavy atom. The lowest BCUT2D eigenvalue weighted by Gasteiger charge is -2.22. The van der Waals surface area contributed by atoms with Crippen molar-refractivity contribution in [2.24, 2.45) is 5.41 Å². The van der Waals surface area contributed by atoms with Gasteiger partial charge in [0.25, 0.3) is 0 Å². The number of imidazole rings is 1. The van der Waals surface area contributed by atoms with E-state index in [4.69, 9.17) is 10.1 Å². The van der Waals surface area contributed by atoms with E-state index in [1.54, 1.807) is 0 Å². The first-order valence-electron chi connectivity index (χ1n) is 7.55. The molecular formula is C17H22N2O2. The molecule has 0 radical (unpaired) electrons. The second kappa shape index (κ2) is 4.86. The number of aliphatic carboxylic acids is 1. The summed E-state index contributed by atoms with van der Waals surface area (Å²) >= 11 is 0. The van der Waals surface area contributed by atoms with Crippen molar-refractivity contribution in [2.45, 2.75) is 52.5 Å². The Hall–Kier alpha value is -1.84. The van der Waals surface area contributed by atoms with E-state index in [-0.39, 0.29) is 11.8 Å². The molecular weight excluding hydrogens is 264 g/mol. The molecule has 4 heteroatoms. The van der Waals surface area contributed by atoms with Crippen molar-refractivity contribution in [1.82, 2.24) is 9.55 Å². The normalized spacial score (nSPS) is 15.6. The highest BCUT2D eigenvalue weighted by Crippen LogP contribution is 2.40. The fraction of sp³-hybridized carbons (Fsp3) is 0.529. The van der Waals surface area contributed by atoms with Crippen molar-refractivity contribution in [3.05, 3.63) is 29.6 Å². The fourth-order valence-electron chi connectivity index (χ4n) is 3.02. The average Bonchev–Trinajstić information content (AvgIpc) is 3.09. The highest BCUT2D eigenvalue weighted by Gasteiger charge is 2.31. The van der Waals surface area contributed by atoms with Gasteiger partial charge in [-0.3, -0.25) is 4.79 Å². The molecule has 0 bridgehead atoms. The first-order chi connectivity index (χ1) is 9.85. The summed E-state index contributed by atoms with van der Waals surface area (Å²) in [6.07, 6.45) is 3.26. The van der Waals surface area contributed by atoms with E-state index in [1.807, 2.05) is 13.8 Å². The van der Waals surface area contributed by atoms with Crippen LogP contribution >= 0.6 is 0 Å². The van der Waals surface area contributed by atoms with Crippen LogP contribution in [0.3, 0.4) is 0 Å². The minimum atomic E-state index is -0.745. The molecule has 0 unspecified atom stereocenters. The first kappa shape index (κ1) is 14.1. The van der Waals surface area contributed by atoms with Crippen molar-refractivity contribution in [3.63, 3.8) is 0 Å². The number of aromatic nitrogens is 2. The SMILES string of the molecule is Cc1ccc2c(c1)nc(CC(C)(C)CC(=O)O)n2C1CC1. The van der Waals surface area contributed by atoms with Gasteiger partial charge in [0.1, 0.15) is 5.82 Å². The molecule has 0 spiro atoms. The molecule has 3 rings (SSSR count). The maximum Gasteiger partial charge on any atom is 0.303 e. The van der Waals surface area contributed by atoms with Crippen LogP contribution in [0.2, 0.25) is 0 Å². The lowest BCUT2D eigenvalue weighted by Crippen LogP contribution is -2.21. The summed E-state index contributed by atoms with van der Waals surface area (Å²) in [5.74, 6) is 0.286. The molecule has 0 amide bonds. The van der Waals surface area contributed by atoms with E-state index < -0.39 is 5.97 Å². The van der Waals surface area contributed by atoms with E-state index in [0.717, 1.165) is 11.3 Å². The predicted molar refractivity (Wildman–Crippen MR) is 82.5 cm³/mol. The van der Waals surface area contributed by atoms with Crippen LogP contribution in [0.5, 0.6) is 0 Å². The summed E-state index contributed by atoms with van der Waals surface area (Å²) in [5.41, 5.74) is 3.14. The van der Waals surface area contributed by atoms with E-state index in [2.05, 4.69) is 29.7 Å². The zero-order valence-corrected chi connectivity index (χ0v) is 12.9. The second-order valence-corrected chi connectivity index (χ2v) is 7.03. The van der Waals surface area contributed by atoms with E-state index in [9.17, 15) is 4.79 Å². The van der Waals surface area contributed by atoms with Crippen LogP contribution in [0, 0.1) is 12.3 Å². The maximum absolute atomic E-state index is 11.0.